The summed E-state index contributed by atoms with van der Waals surface area (Å²) in [5.41, 5.74) is 0.923. The minimum atomic E-state index is -0.538. The summed E-state index contributed by atoms with van der Waals surface area (Å²) in [6.45, 7) is 0.486. The van der Waals surface area contributed by atoms with Crippen LogP contribution in [0.3, 0.4) is 0 Å². The zero-order valence-electron chi connectivity index (χ0n) is 12.2. The summed E-state index contributed by atoms with van der Waals surface area (Å²) in [6, 6.07) is 14.3. The molecule has 0 aliphatic heterocycles. The summed E-state index contributed by atoms with van der Waals surface area (Å²) >= 11 is 0. The third-order valence-electron chi connectivity index (χ3n) is 4.46. The number of hydrogen-bond donors (Lipinski definition) is 3. The third kappa shape index (κ3) is 3.43. The lowest BCUT2D eigenvalue weighted by atomic mass is 9.92. The number of aliphatic hydroxyl groups is 2. The summed E-state index contributed by atoms with van der Waals surface area (Å²) in [5.74, 6) is 0. The third-order valence-corrected chi connectivity index (χ3v) is 4.46. The second-order valence-electron chi connectivity index (χ2n) is 5.99. The van der Waals surface area contributed by atoms with Crippen molar-refractivity contribution in [3.8, 4) is 0 Å². The van der Waals surface area contributed by atoms with E-state index in [0.717, 1.165) is 36.6 Å². The zero-order valence-corrected chi connectivity index (χ0v) is 12.2. The van der Waals surface area contributed by atoms with E-state index in [1.165, 1.54) is 5.39 Å². The second kappa shape index (κ2) is 6.56. The predicted molar refractivity (Wildman–Crippen MR) is 85.2 cm³/mol. The van der Waals surface area contributed by atoms with E-state index in [4.69, 9.17) is 0 Å². The molecule has 3 unspecified atom stereocenters. The molecule has 3 nitrogen and oxygen atoms in total. The molecule has 0 aromatic heterocycles. The van der Waals surface area contributed by atoms with Crippen LogP contribution >= 0.6 is 0 Å². The van der Waals surface area contributed by atoms with Gasteiger partial charge in [-0.05, 0) is 35.2 Å². The first-order chi connectivity index (χ1) is 10.2. The lowest BCUT2D eigenvalue weighted by Gasteiger charge is -2.29. The van der Waals surface area contributed by atoms with Crippen LogP contribution in [0, 0.1) is 0 Å². The normalized spacial score (nSPS) is 24.1. The summed E-state index contributed by atoms with van der Waals surface area (Å²) in [6.07, 6.45) is 3.30. The van der Waals surface area contributed by atoms with E-state index in [2.05, 4.69) is 17.4 Å². The van der Waals surface area contributed by atoms with Gasteiger partial charge in [0, 0.05) is 12.6 Å². The first-order valence-corrected chi connectivity index (χ1v) is 7.82. The van der Waals surface area contributed by atoms with Crippen molar-refractivity contribution >= 4 is 10.8 Å². The van der Waals surface area contributed by atoms with Crippen molar-refractivity contribution < 1.29 is 10.2 Å². The fourth-order valence-corrected chi connectivity index (χ4v) is 3.15. The van der Waals surface area contributed by atoms with Crippen molar-refractivity contribution in [1.82, 2.24) is 5.32 Å². The Labute approximate surface area is 125 Å². The molecule has 3 heteroatoms. The van der Waals surface area contributed by atoms with E-state index in [1.54, 1.807) is 0 Å². The molecular formula is C18H23NO2. The number of fused-ring (bicyclic) bond motifs is 1. The minimum Gasteiger partial charge on any atom is -0.392 e. The van der Waals surface area contributed by atoms with E-state index < -0.39 is 6.10 Å². The van der Waals surface area contributed by atoms with Crippen LogP contribution in [0.2, 0.25) is 0 Å². The van der Waals surface area contributed by atoms with Gasteiger partial charge in [0.25, 0.3) is 0 Å². The lowest BCUT2D eigenvalue weighted by molar-refractivity contribution is 0.0798. The molecule has 0 radical (unpaired) electrons. The van der Waals surface area contributed by atoms with E-state index in [0.29, 0.717) is 6.54 Å². The van der Waals surface area contributed by atoms with Gasteiger partial charge in [0.1, 0.15) is 0 Å². The monoisotopic (exact) mass is 285 g/mol. The highest BCUT2D eigenvalue weighted by molar-refractivity contribution is 5.83. The molecule has 1 saturated carbocycles. The molecule has 3 rings (SSSR count). The van der Waals surface area contributed by atoms with Crippen molar-refractivity contribution in [3.63, 3.8) is 0 Å². The Balaban J connectivity index is 1.64. The van der Waals surface area contributed by atoms with Gasteiger partial charge in [-0.1, -0.05) is 49.2 Å². The van der Waals surface area contributed by atoms with Gasteiger partial charge >= 0.3 is 0 Å². The van der Waals surface area contributed by atoms with Crippen molar-refractivity contribution in [2.75, 3.05) is 6.54 Å². The van der Waals surface area contributed by atoms with E-state index in [9.17, 15) is 10.2 Å². The van der Waals surface area contributed by atoms with Crippen molar-refractivity contribution in [2.24, 2.45) is 0 Å². The van der Waals surface area contributed by atoms with Gasteiger partial charge in [-0.3, -0.25) is 0 Å². The van der Waals surface area contributed by atoms with Gasteiger partial charge in [0.2, 0.25) is 0 Å². The van der Waals surface area contributed by atoms with Gasteiger partial charge < -0.3 is 15.5 Å². The highest BCUT2D eigenvalue weighted by Crippen LogP contribution is 2.22. The smallest absolute Gasteiger partial charge is 0.0914 e. The standard InChI is InChI=1S/C18H23NO2/c20-17-8-4-3-7-16(17)19-12-18(21)15-10-9-13-5-1-2-6-14(13)11-15/h1-2,5-6,9-11,16-21H,3-4,7-8,12H2. The molecule has 0 saturated heterocycles. The van der Waals surface area contributed by atoms with Crippen LogP contribution in [-0.4, -0.2) is 28.9 Å². The van der Waals surface area contributed by atoms with Gasteiger partial charge in [-0.15, -0.1) is 0 Å². The maximum Gasteiger partial charge on any atom is 0.0914 e. The van der Waals surface area contributed by atoms with Crippen molar-refractivity contribution in [2.45, 2.75) is 43.9 Å². The van der Waals surface area contributed by atoms with Crippen molar-refractivity contribution in [3.05, 3.63) is 48.0 Å². The number of hydrogen-bond acceptors (Lipinski definition) is 3. The molecule has 1 aliphatic rings. The van der Waals surface area contributed by atoms with Crippen LogP contribution in [0.4, 0.5) is 0 Å². The van der Waals surface area contributed by atoms with E-state index >= 15 is 0 Å². The summed E-state index contributed by atoms with van der Waals surface area (Å²) in [4.78, 5) is 0. The summed E-state index contributed by atoms with van der Waals surface area (Å²) in [5, 5.41) is 25.9. The highest BCUT2D eigenvalue weighted by Gasteiger charge is 2.23. The number of nitrogens with one attached hydrogen (secondary N) is 1. The molecule has 21 heavy (non-hydrogen) atoms. The molecule has 0 spiro atoms. The predicted octanol–water partition coefficient (Wildman–Crippen LogP) is 2.77. The lowest BCUT2D eigenvalue weighted by Crippen LogP contribution is -2.43. The maximum atomic E-state index is 10.4. The Morgan fingerprint density at radius 3 is 2.62 bits per heavy atom. The second-order valence-corrected chi connectivity index (χ2v) is 5.99. The van der Waals surface area contributed by atoms with Crippen LogP contribution in [0.5, 0.6) is 0 Å². The fourth-order valence-electron chi connectivity index (χ4n) is 3.15. The Morgan fingerprint density at radius 1 is 1.05 bits per heavy atom. The molecule has 0 amide bonds. The number of rotatable bonds is 4. The summed E-state index contributed by atoms with van der Waals surface area (Å²) in [7, 11) is 0. The Kier molecular flexibility index (Phi) is 4.54. The Morgan fingerprint density at radius 2 is 1.81 bits per heavy atom. The van der Waals surface area contributed by atoms with Crippen LogP contribution in [0.25, 0.3) is 10.8 Å². The average Bonchev–Trinajstić information content (AvgIpc) is 2.53. The molecule has 1 fully saturated rings. The SMILES string of the molecule is OC(CNC1CCCCC1O)c1ccc2ccccc2c1. The maximum absolute atomic E-state index is 10.4. The molecule has 1 aliphatic carbocycles. The van der Waals surface area contributed by atoms with Gasteiger partial charge in [0.05, 0.1) is 12.2 Å². The number of aliphatic hydroxyl groups excluding tert-OH is 2. The first kappa shape index (κ1) is 14.5. The molecule has 2 aromatic carbocycles. The van der Waals surface area contributed by atoms with E-state index in [-0.39, 0.29) is 12.1 Å². The topological polar surface area (TPSA) is 52.5 Å². The zero-order chi connectivity index (χ0) is 14.7. The quantitative estimate of drug-likeness (QED) is 0.809. The Bertz CT molecular complexity index is 599. The van der Waals surface area contributed by atoms with Gasteiger partial charge in [-0.25, -0.2) is 0 Å². The molecular weight excluding hydrogens is 262 g/mol. The van der Waals surface area contributed by atoms with E-state index in [1.807, 2.05) is 30.3 Å². The van der Waals surface area contributed by atoms with Gasteiger partial charge in [0.15, 0.2) is 0 Å². The minimum absolute atomic E-state index is 0.119. The van der Waals surface area contributed by atoms with Gasteiger partial charge in [-0.2, -0.15) is 0 Å². The van der Waals surface area contributed by atoms with Crippen LogP contribution in [-0.2, 0) is 0 Å². The molecule has 3 atom stereocenters. The molecule has 0 heterocycles. The molecule has 3 N–H and O–H groups in total. The average molecular weight is 285 g/mol. The highest BCUT2D eigenvalue weighted by atomic mass is 16.3. The van der Waals surface area contributed by atoms with Crippen LogP contribution in [0.1, 0.15) is 37.4 Å². The number of benzene rings is 2. The Hall–Kier alpha value is -1.42. The summed E-state index contributed by atoms with van der Waals surface area (Å²) < 4.78 is 0. The van der Waals surface area contributed by atoms with Crippen LogP contribution in [0.15, 0.2) is 42.5 Å². The van der Waals surface area contributed by atoms with Crippen LogP contribution < -0.4 is 5.32 Å². The first-order valence-electron chi connectivity index (χ1n) is 7.82. The molecule has 112 valence electrons. The largest absolute Gasteiger partial charge is 0.392 e. The molecule has 2 aromatic rings. The fraction of sp³-hybridized carbons (Fsp3) is 0.444. The molecule has 0 bridgehead atoms. The van der Waals surface area contributed by atoms with Crippen molar-refractivity contribution in [1.29, 1.82) is 0 Å².